The Labute approximate surface area is 260 Å². The molecule has 2 amide bonds. The summed E-state index contributed by atoms with van der Waals surface area (Å²) in [6.45, 7) is 3.70. The van der Waals surface area contributed by atoms with Crippen LogP contribution in [0, 0.1) is 0 Å². The van der Waals surface area contributed by atoms with Gasteiger partial charge in [-0.3, -0.25) is 13.9 Å². The highest BCUT2D eigenvalue weighted by Gasteiger charge is 2.34. The third-order valence-electron chi connectivity index (χ3n) is 7.68. The van der Waals surface area contributed by atoms with Gasteiger partial charge in [-0.15, -0.1) is 0 Å². The zero-order valence-corrected chi connectivity index (χ0v) is 26.3. The van der Waals surface area contributed by atoms with Crippen LogP contribution >= 0.6 is 11.6 Å². The Morgan fingerprint density at radius 3 is 2.21 bits per heavy atom. The van der Waals surface area contributed by atoms with Crippen molar-refractivity contribution in [3.8, 4) is 5.75 Å². The van der Waals surface area contributed by atoms with E-state index in [1.54, 1.807) is 60.7 Å². The molecule has 0 bridgehead atoms. The van der Waals surface area contributed by atoms with E-state index in [4.69, 9.17) is 16.3 Å². The minimum absolute atomic E-state index is 0.0207. The standard InChI is InChI=1S/C33H40ClN3O5S/c1-3-31(33(39)35-26-14-7-5-8-15-26)36(23-25-13-11-12-18-30(25)34)32(38)24-37(27-16-9-6-10-17-27)43(40,41)29-21-19-28(20-22-29)42-4-2/h6,9-13,16-22,26,31H,3-5,7-8,14-15,23-24H2,1-2H3,(H,35,39)/t31-/m1/s1. The van der Waals surface area contributed by atoms with E-state index in [1.165, 1.54) is 17.0 Å². The highest BCUT2D eigenvalue weighted by Crippen LogP contribution is 2.27. The summed E-state index contributed by atoms with van der Waals surface area (Å²) in [7, 11) is -4.17. The summed E-state index contributed by atoms with van der Waals surface area (Å²) < 4.78 is 34.6. The van der Waals surface area contributed by atoms with Crippen molar-refractivity contribution >= 4 is 39.1 Å². The fraction of sp³-hybridized carbons (Fsp3) is 0.394. The fourth-order valence-electron chi connectivity index (χ4n) is 5.40. The number of anilines is 1. The summed E-state index contributed by atoms with van der Waals surface area (Å²) in [5, 5.41) is 3.62. The summed E-state index contributed by atoms with van der Waals surface area (Å²) in [6, 6.07) is 21.0. The summed E-state index contributed by atoms with van der Waals surface area (Å²) in [6.07, 6.45) is 5.43. The quantitative estimate of drug-likeness (QED) is 0.244. The van der Waals surface area contributed by atoms with Crippen LogP contribution in [0.1, 0.15) is 57.9 Å². The van der Waals surface area contributed by atoms with E-state index in [2.05, 4.69) is 5.32 Å². The molecule has 1 N–H and O–H groups in total. The molecule has 0 saturated heterocycles. The second-order valence-corrected chi connectivity index (χ2v) is 12.9. The van der Waals surface area contributed by atoms with Crippen LogP contribution in [0.25, 0.3) is 0 Å². The maximum atomic E-state index is 14.2. The van der Waals surface area contributed by atoms with Gasteiger partial charge in [-0.1, -0.05) is 74.2 Å². The van der Waals surface area contributed by atoms with Crippen LogP contribution in [0.5, 0.6) is 5.75 Å². The molecule has 1 atom stereocenters. The lowest BCUT2D eigenvalue weighted by Gasteiger charge is -2.34. The van der Waals surface area contributed by atoms with E-state index in [-0.39, 0.29) is 23.4 Å². The van der Waals surface area contributed by atoms with Crippen LogP contribution in [0.3, 0.4) is 0 Å². The van der Waals surface area contributed by atoms with Gasteiger partial charge in [0.05, 0.1) is 17.2 Å². The van der Waals surface area contributed by atoms with Gasteiger partial charge in [0.2, 0.25) is 11.8 Å². The van der Waals surface area contributed by atoms with Gasteiger partial charge < -0.3 is 15.0 Å². The number of halogens is 1. The van der Waals surface area contributed by atoms with Crippen LogP contribution < -0.4 is 14.4 Å². The Balaban J connectivity index is 1.68. The molecule has 43 heavy (non-hydrogen) atoms. The Bertz CT molecular complexity index is 1460. The van der Waals surface area contributed by atoms with Gasteiger partial charge in [0.1, 0.15) is 18.3 Å². The van der Waals surface area contributed by atoms with Crippen molar-refractivity contribution in [3.05, 3.63) is 89.4 Å². The molecule has 0 spiro atoms. The van der Waals surface area contributed by atoms with E-state index >= 15 is 0 Å². The second kappa shape index (κ2) is 15.3. The van der Waals surface area contributed by atoms with Gasteiger partial charge in [0, 0.05) is 17.6 Å². The van der Waals surface area contributed by atoms with Crippen molar-refractivity contribution < 1.29 is 22.7 Å². The number of rotatable bonds is 13. The highest BCUT2D eigenvalue weighted by atomic mass is 35.5. The first-order chi connectivity index (χ1) is 20.7. The number of amides is 2. The molecule has 8 nitrogen and oxygen atoms in total. The zero-order chi connectivity index (χ0) is 30.8. The summed E-state index contributed by atoms with van der Waals surface area (Å²) in [5.74, 6) is -0.205. The van der Waals surface area contributed by atoms with E-state index in [9.17, 15) is 18.0 Å². The third-order valence-corrected chi connectivity index (χ3v) is 9.84. The molecular formula is C33H40ClN3O5S. The van der Waals surface area contributed by atoms with Crippen molar-refractivity contribution in [2.45, 2.75) is 75.9 Å². The number of nitrogens with zero attached hydrogens (tertiary/aromatic N) is 2. The number of sulfonamides is 1. The molecule has 10 heteroatoms. The molecule has 1 aliphatic carbocycles. The third kappa shape index (κ3) is 8.30. The Morgan fingerprint density at radius 1 is 0.930 bits per heavy atom. The van der Waals surface area contributed by atoms with Crippen molar-refractivity contribution in [2.75, 3.05) is 17.5 Å². The first-order valence-electron chi connectivity index (χ1n) is 14.9. The molecule has 0 aliphatic heterocycles. The van der Waals surface area contributed by atoms with Gasteiger partial charge in [-0.25, -0.2) is 8.42 Å². The van der Waals surface area contributed by atoms with Crippen molar-refractivity contribution in [3.63, 3.8) is 0 Å². The first kappa shape index (κ1) is 32.4. The number of para-hydroxylation sites is 1. The van der Waals surface area contributed by atoms with Gasteiger partial charge in [0.15, 0.2) is 0 Å². The van der Waals surface area contributed by atoms with Gasteiger partial charge in [-0.2, -0.15) is 0 Å². The van der Waals surface area contributed by atoms with Crippen molar-refractivity contribution in [1.29, 1.82) is 0 Å². The van der Waals surface area contributed by atoms with E-state index in [1.807, 2.05) is 19.9 Å². The lowest BCUT2D eigenvalue weighted by Crippen LogP contribution is -2.54. The van der Waals surface area contributed by atoms with Crippen LogP contribution in [-0.2, 0) is 26.2 Å². The molecule has 0 radical (unpaired) electrons. The number of ether oxygens (including phenoxy) is 1. The van der Waals surface area contributed by atoms with E-state index in [0.29, 0.717) is 35.1 Å². The molecule has 0 unspecified atom stereocenters. The lowest BCUT2D eigenvalue weighted by molar-refractivity contribution is -0.140. The highest BCUT2D eigenvalue weighted by molar-refractivity contribution is 7.92. The Hall–Kier alpha value is -3.56. The maximum Gasteiger partial charge on any atom is 0.264 e. The van der Waals surface area contributed by atoms with Crippen LogP contribution in [0.4, 0.5) is 5.69 Å². The molecule has 1 aliphatic rings. The molecule has 0 heterocycles. The minimum atomic E-state index is -4.17. The van der Waals surface area contributed by atoms with E-state index in [0.717, 1.165) is 36.4 Å². The fourth-order valence-corrected chi connectivity index (χ4v) is 7.01. The largest absolute Gasteiger partial charge is 0.494 e. The van der Waals surface area contributed by atoms with E-state index < -0.39 is 28.5 Å². The number of carbonyl (C=O) groups excluding carboxylic acids is 2. The summed E-state index contributed by atoms with van der Waals surface area (Å²) in [4.78, 5) is 29.4. The van der Waals surface area contributed by atoms with Gasteiger partial charge in [0.25, 0.3) is 10.0 Å². The van der Waals surface area contributed by atoms with Crippen LogP contribution in [-0.4, -0.2) is 50.4 Å². The second-order valence-electron chi connectivity index (χ2n) is 10.6. The summed E-state index contributed by atoms with van der Waals surface area (Å²) >= 11 is 6.49. The number of hydrogen-bond acceptors (Lipinski definition) is 5. The smallest absolute Gasteiger partial charge is 0.264 e. The average Bonchev–Trinajstić information content (AvgIpc) is 3.02. The predicted molar refractivity (Wildman–Crippen MR) is 170 cm³/mol. The molecule has 1 saturated carbocycles. The number of benzene rings is 3. The zero-order valence-electron chi connectivity index (χ0n) is 24.7. The Kier molecular flexibility index (Phi) is 11.5. The molecule has 230 valence electrons. The predicted octanol–water partition coefficient (Wildman–Crippen LogP) is 6.19. The van der Waals surface area contributed by atoms with Gasteiger partial charge in [-0.05, 0) is 74.2 Å². The topological polar surface area (TPSA) is 96.0 Å². The number of nitrogens with one attached hydrogen (secondary N) is 1. The molecule has 4 rings (SSSR count). The van der Waals surface area contributed by atoms with Crippen LogP contribution in [0.2, 0.25) is 5.02 Å². The van der Waals surface area contributed by atoms with Crippen LogP contribution in [0.15, 0.2) is 83.8 Å². The molecule has 1 fully saturated rings. The molecular weight excluding hydrogens is 586 g/mol. The molecule has 3 aromatic carbocycles. The maximum absolute atomic E-state index is 14.2. The SMILES string of the molecule is CCOc1ccc(S(=O)(=O)N(CC(=O)N(Cc2ccccc2Cl)[C@H](CC)C(=O)NC2CCCCC2)c2ccccc2)cc1. The molecule has 0 aromatic heterocycles. The molecule has 3 aromatic rings. The van der Waals surface area contributed by atoms with Crippen molar-refractivity contribution in [1.82, 2.24) is 10.2 Å². The normalized spacial score (nSPS) is 14.5. The average molecular weight is 626 g/mol. The van der Waals surface area contributed by atoms with Crippen molar-refractivity contribution in [2.24, 2.45) is 0 Å². The van der Waals surface area contributed by atoms with Gasteiger partial charge >= 0.3 is 0 Å². The minimum Gasteiger partial charge on any atom is -0.494 e. The monoisotopic (exact) mass is 625 g/mol. The number of carbonyl (C=O) groups is 2. The Morgan fingerprint density at radius 2 is 1.58 bits per heavy atom. The lowest BCUT2D eigenvalue weighted by atomic mass is 9.95. The number of hydrogen-bond donors (Lipinski definition) is 1. The first-order valence-corrected chi connectivity index (χ1v) is 16.7. The summed E-state index contributed by atoms with van der Waals surface area (Å²) in [5.41, 5.74) is 1.00.